The highest BCUT2D eigenvalue weighted by Crippen LogP contribution is 2.00. The Hall–Kier alpha value is -2.04. The summed E-state index contributed by atoms with van der Waals surface area (Å²) in [6, 6.07) is 6.71. The van der Waals surface area contributed by atoms with Gasteiger partial charge in [0, 0.05) is 0 Å². The molecule has 1 N–H and O–H groups in total. The largest absolute Gasteiger partial charge is 0.410 e. The number of hydrogen-bond donors (Lipinski definition) is 1. The van der Waals surface area contributed by atoms with Crippen molar-refractivity contribution in [1.29, 1.82) is 0 Å². The summed E-state index contributed by atoms with van der Waals surface area (Å²) in [5.41, 5.74) is 1.38. The van der Waals surface area contributed by atoms with Crippen LogP contribution in [0.25, 0.3) is 11.0 Å². The molecule has 0 amide bonds. The van der Waals surface area contributed by atoms with Crippen molar-refractivity contribution in [1.82, 2.24) is 15.2 Å². The maximum absolute atomic E-state index is 8.52. The van der Waals surface area contributed by atoms with Crippen molar-refractivity contribution in [2.24, 2.45) is 5.16 Å². The summed E-state index contributed by atoms with van der Waals surface area (Å²) in [5, 5.41) is 19.5. The van der Waals surface area contributed by atoms with Crippen LogP contribution in [0, 0.1) is 0 Å². The second-order valence-corrected chi connectivity index (χ2v) is 2.42. The molecule has 0 aliphatic rings. The maximum Gasteiger partial charge on any atom is 0.138 e. The summed E-state index contributed by atoms with van der Waals surface area (Å²) in [4.78, 5) is 4.00. The Morgan fingerprint density at radius 3 is 2.62 bits per heavy atom. The Labute approximate surface area is 73.4 Å². The van der Waals surface area contributed by atoms with E-state index in [0.29, 0.717) is 16.4 Å². The van der Waals surface area contributed by atoms with Gasteiger partial charge >= 0.3 is 0 Å². The number of nitrogens with zero attached hydrogens (tertiary/aromatic N) is 4. The van der Waals surface area contributed by atoms with Crippen molar-refractivity contribution in [3.63, 3.8) is 0 Å². The van der Waals surface area contributed by atoms with Gasteiger partial charge in [0.15, 0.2) is 0 Å². The van der Waals surface area contributed by atoms with Crippen LogP contribution in [-0.2, 0) is 0 Å². The van der Waals surface area contributed by atoms with Gasteiger partial charge in [-0.3, -0.25) is 0 Å². The summed E-state index contributed by atoms with van der Waals surface area (Å²) < 4.78 is 0. The first-order chi connectivity index (χ1) is 6.40. The molecule has 0 bridgehead atoms. The number of fused-ring (bicyclic) bond motifs is 1. The third kappa shape index (κ3) is 1.44. The van der Waals surface area contributed by atoms with Crippen molar-refractivity contribution in [3.8, 4) is 0 Å². The first kappa shape index (κ1) is 7.60. The highest BCUT2D eigenvalue weighted by molar-refractivity contribution is 5.71. The molecule has 64 valence electrons. The summed E-state index contributed by atoms with van der Waals surface area (Å²) in [7, 11) is 0. The third-order valence-corrected chi connectivity index (χ3v) is 1.62. The molecule has 1 heterocycles. The highest BCUT2D eigenvalue weighted by Gasteiger charge is 1.90. The van der Waals surface area contributed by atoms with E-state index in [4.69, 9.17) is 5.21 Å². The normalized spacial score (nSPS) is 11.8. The zero-order valence-corrected chi connectivity index (χ0v) is 6.62. The zero-order chi connectivity index (χ0) is 9.10. The Bertz CT molecular complexity index is 456. The van der Waals surface area contributed by atoms with E-state index in [0.717, 1.165) is 0 Å². The van der Waals surface area contributed by atoms with Crippen LogP contribution in [0.2, 0.25) is 0 Å². The minimum atomic E-state index is 0.458. The van der Waals surface area contributed by atoms with Gasteiger partial charge in [-0.15, -0.1) is 10.2 Å². The fraction of sp³-hybridized carbons (Fsp3) is 0. The molecule has 2 aromatic rings. The molecule has 0 spiro atoms. The SMILES string of the molecule is O/N=c1\ccc2ncnnc2cc1. The Kier molecular flexibility index (Phi) is 1.84. The average molecular weight is 174 g/mol. The van der Waals surface area contributed by atoms with Crippen molar-refractivity contribution >= 4 is 11.0 Å². The van der Waals surface area contributed by atoms with Crippen LogP contribution >= 0.6 is 0 Å². The molecule has 0 aliphatic heterocycles. The molecule has 0 saturated carbocycles. The van der Waals surface area contributed by atoms with Crippen molar-refractivity contribution in [2.45, 2.75) is 0 Å². The van der Waals surface area contributed by atoms with Crippen LogP contribution in [0.5, 0.6) is 0 Å². The topological polar surface area (TPSA) is 71.3 Å². The first-order valence-electron chi connectivity index (χ1n) is 3.66. The van der Waals surface area contributed by atoms with E-state index in [-0.39, 0.29) is 0 Å². The second kappa shape index (κ2) is 3.14. The fourth-order valence-corrected chi connectivity index (χ4v) is 0.991. The van der Waals surface area contributed by atoms with Gasteiger partial charge in [0.2, 0.25) is 0 Å². The molecule has 2 rings (SSSR count). The van der Waals surface area contributed by atoms with Crippen LogP contribution in [0.1, 0.15) is 0 Å². The Morgan fingerprint density at radius 1 is 1.08 bits per heavy atom. The van der Waals surface area contributed by atoms with E-state index in [1.807, 2.05) is 0 Å². The van der Waals surface area contributed by atoms with E-state index >= 15 is 0 Å². The van der Waals surface area contributed by atoms with Crippen LogP contribution in [-0.4, -0.2) is 20.4 Å². The molecular formula is C8H6N4O. The van der Waals surface area contributed by atoms with Crippen LogP contribution < -0.4 is 5.36 Å². The van der Waals surface area contributed by atoms with E-state index < -0.39 is 0 Å². The van der Waals surface area contributed by atoms with Crippen molar-refractivity contribution in [2.75, 3.05) is 0 Å². The third-order valence-electron chi connectivity index (χ3n) is 1.62. The number of rotatable bonds is 0. The lowest BCUT2D eigenvalue weighted by Crippen LogP contribution is -1.93. The molecule has 1 aromatic carbocycles. The van der Waals surface area contributed by atoms with Crippen molar-refractivity contribution < 1.29 is 5.21 Å². The van der Waals surface area contributed by atoms with Gasteiger partial charge in [-0.2, -0.15) is 0 Å². The molecular weight excluding hydrogens is 168 g/mol. The first-order valence-corrected chi connectivity index (χ1v) is 3.66. The van der Waals surface area contributed by atoms with Gasteiger partial charge in [-0.25, -0.2) is 4.98 Å². The summed E-state index contributed by atoms with van der Waals surface area (Å²) >= 11 is 0. The monoisotopic (exact) mass is 174 g/mol. The Morgan fingerprint density at radius 2 is 1.85 bits per heavy atom. The molecule has 0 unspecified atom stereocenters. The van der Waals surface area contributed by atoms with Crippen LogP contribution in [0.4, 0.5) is 0 Å². The van der Waals surface area contributed by atoms with Crippen LogP contribution in [0.15, 0.2) is 35.7 Å². The molecule has 0 saturated heterocycles. The lowest BCUT2D eigenvalue weighted by atomic mass is 10.4. The lowest BCUT2D eigenvalue weighted by Gasteiger charge is -1.84. The molecule has 0 fully saturated rings. The lowest BCUT2D eigenvalue weighted by molar-refractivity contribution is 0.302. The zero-order valence-electron chi connectivity index (χ0n) is 6.62. The standard InChI is InChI=1S/C8H6N4O/c13-12-6-1-3-7-8(4-2-6)11-10-5-9-7/h1-5,13H/b12-6+. The van der Waals surface area contributed by atoms with Gasteiger partial charge < -0.3 is 5.21 Å². The van der Waals surface area contributed by atoms with E-state index in [1.54, 1.807) is 24.3 Å². The molecule has 5 heteroatoms. The average Bonchev–Trinajstić information content (AvgIpc) is 2.39. The second-order valence-electron chi connectivity index (χ2n) is 2.42. The summed E-state index contributed by atoms with van der Waals surface area (Å²) in [6.07, 6.45) is 1.37. The minimum absolute atomic E-state index is 0.458. The number of hydrogen-bond acceptors (Lipinski definition) is 5. The Balaban J connectivity index is 2.86. The van der Waals surface area contributed by atoms with Gasteiger partial charge in [0.1, 0.15) is 17.2 Å². The molecule has 0 atom stereocenters. The van der Waals surface area contributed by atoms with Crippen LogP contribution in [0.3, 0.4) is 0 Å². The van der Waals surface area contributed by atoms with Gasteiger partial charge in [0.05, 0.1) is 5.52 Å². The van der Waals surface area contributed by atoms with E-state index in [2.05, 4.69) is 20.3 Å². The predicted octanol–water partition coefficient (Wildman–Crippen LogP) is 0.315. The van der Waals surface area contributed by atoms with Gasteiger partial charge in [-0.1, -0.05) is 5.16 Å². The van der Waals surface area contributed by atoms with Gasteiger partial charge in [0.25, 0.3) is 0 Å². The molecule has 0 radical (unpaired) electrons. The molecule has 0 aliphatic carbocycles. The van der Waals surface area contributed by atoms with Gasteiger partial charge in [-0.05, 0) is 24.3 Å². The predicted molar refractivity (Wildman–Crippen MR) is 44.7 cm³/mol. The fourth-order valence-electron chi connectivity index (χ4n) is 0.991. The minimum Gasteiger partial charge on any atom is -0.410 e. The molecule has 1 aromatic heterocycles. The maximum atomic E-state index is 8.52. The highest BCUT2D eigenvalue weighted by atomic mass is 16.4. The van der Waals surface area contributed by atoms with Crippen molar-refractivity contribution in [3.05, 3.63) is 36.0 Å². The molecule has 13 heavy (non-hydrogen) atoms. The number of aromatic nitrogens is 3. The van der Waals surface area contributed by atoms with E-state index in [9.17, 15) is 0 Å². The summed E-state index contributed by atoms with van der Waals surface area (Å²) in [6.45, 7) is 0. The summed E-state index contributed by atoms with van der Waals surface area (Å²) in [5.74, 6) is 0. The molecule has 5 nitrogen and oxygen atoms in total. The quantitative estimate of drug-likeness (QED) is 0.461. The smallest absolute Gasteiger partial charge is 0.138 e. The van der Waals surface area contributed by atoms with E-state index in [1.165, 1.54) is 6.33 Å².